The van der Waals surface area contributed by atoms with Crippen molar-refractivity contribution in [1.82, 2.24) is 4.72 Å². The molecule has 0 bridgehead atoms. The Morgan fingerprint density at radius 2 is 1.86 bits per heavy atom. The molecule has 0 radical (unpaired) electrons. The molecule has 150 valence electrons. The lowest BCUT2D eigenvalue weighted by Gasteiger charge is -2.11. The smallest absolute Gasteiger partial charge is 0.240 e. The number of nitrogens with one attached hydrogen (secondary N) is 2. The second-order valence-corrected chi connectivity index (χ2v) is 9.00. The molecule has 0 saturated heterocycles. The summed E-state index contributed by atoms with van der Waals surface area (Å²) in [4.78, 5) is 12.2. The summed E-state index contributed by atoms with van der Waals surface area (Å²) in [6, 6.07) is 9.99. The molecule has 2 aromatic carbocycles. The lowest BCUT2D eigenvalue weighted by molar-refractivity contribution is -0.116. The van der Waals surface area contributed by atoms with E-state index in [0.29, 0.717) is 30.4 Å². The van der Waals surface area contributed by atoms with Gasteiger partial charge in [-0.3, -0.25) is 4.79 Å². The molecule has 0 aliphatic carbocycles. The first-order valence-electron chi connectivity index (χ1n) is 8.80. The van der Waals surface area contributed by atoms with E-state index in [1.807, 2.05) is 19.1 Å². The fraction of sp³-hybridized carbons (Fsp3) is 0.316. The first kappa shape index (κ1) is 20.6. The van der Waals surface area contributed by atoms with Crippen molar-refractivity contribution in [2.24, 2.45) is 0 Å². The maximum Gasteiger partial charge on any atom is 0.240 e. The summed E-state index contributed by atoms with van der Waals surface area (Å²) in [6.45, 7) is 2.87. The lowest BCUT2D eigenvalue weighted by atomic mass is 10.2. The quantitative estimate of drug-likeness (QED) is 0.678. The third kappa shape index (κ3) is 5.24. The zero-order valence-electron chi connectivity index (χ0n) is 15.3. The van der Waals surface area contributed by atoms with Crippen molar-refractivity contribution < 1.29 is 22.7 Å². The van der Waals surface area contributed by atoms with Crippen molar-refractivity contribution in [1.29, 1.82) is 0 Å². The van der Waals surface area contributed by atoms with E-state index in [1.54, 1.807) is 12.1 Å². The van der Waals surface area contributed by atoms with Gasteiger partial charge in [-0.1, -0.05) is 15.9 Å². The molecule has 1 heterocycles. The van der Waals surface area contributed by atoms with Crippen molar-refractivity contribution in [2.75, 3.05) is 25.1 Å². The fourth-order valence-electron chi connectivity index (χ4n) is 2.67. The minimum atomic E-state index is -3.76. The Morgan fingerprint density at radius 3 is 2.61 bits per heavy atom. The highest BCUT2D eigenvalue weighted by Gasteiger charge is 2.19. The molecule has 0 unspecified atom stereocenters. The van der Waals surface area contributed by atoms with Crippen LogP contribution in [0.2, 0.25) is 0 Å². The van der Waals surface area contributed by atoms with Gasteiger partial charge in [0.1, 0.15) is 0 Å². The Labute approximate surface area is 172 Å². The normalized spacial score (nSPS) is 13.6. The van der Waals surface area contributed by atoms with E-state index in [2.05, 4.69) is 26.0 Å². The van der Waals surface area contributed by atoms with Crippen LogP contribution in [0.3, 0.4) is 0 Å². The van der Waals surface area contributed by atoms with E-state index < -0.39 is 10.0 Å². The van der Waals surface area contributed by atoms with Crippen LogP contribution in [0.5, 0.6) is 11.5 Å². The van der Waals surface area contributed by atoms with Crippen molar-refractivity contribution in [3.63, 3.8) is 0 Å². The number of ether oxygens (including phenoxy) is 2. The molecule has 7 nitrogen and oxygen atoms in total. The van der Waals surface area contributed by atoms with Crippen LogP contribution in [0.4, 0.5) is 5.69 Å². The Hall–Kier alpha value is -2.10. The monoisotopic (exact) mass is 468 g/mol. The van der Waals surface area contributed by atoms with Crippen LogP contribution < -0.4 is 19.5 Å². The van der Waals surface area contributed by atoms with E-state index in [9.17, 15) is 13.2 Å². The van der Waals surface area contributed by atoms with Crippen molar-refractivity contribution in [2.45, 2.75) is 24.7 Å². The first-order chi connectivity index (χ1) is 13.3. The number of carbonyl (C=O) groups is 1. The minimum absolute atomic E-state index is 0.0132. The second-order valence-electron chi connectivity index (χ2n) is 6.31. The molecular formula is C19H21BrN2O5S. The Kier molecular flexibility index (Phi) is 6.58. The van der Waals surface area contributed by atoms with Gasteiger partial charge in [-0.15, -0.1) is 0 Å². The summed E-state index contributed by atoms with van der Waals surface area (Å²) in [5.74, 6) is 0.663. The number of aryl methyl sites for hydroxylation is 1. The van der Waals surface area contributed by atoms with Crippen LogP contribution in [0, 0.1) is 6.92 Å². The zero-order chi connectivity index (χ0) is 20.1. The summed E-state index contributed by atoms with van der Waals surface area (Å²) in [5.41, 5.74) is 1.61. The van der Waals surface area contributed by atoms with Gasteiger partial charge < -0.3 is 14.8 Å². The zero-order valence-corrected chi connectivity index (χ0v) is 17.7. The molecule has 0 spiro atoms. The average Bonchev–Trinajstić information content (AvgIpc) is 2.88. The molecular weight excluding hydrogens is 448 g/mol. The standard InChI is InChI=1S/C19H21BrN2O5S/c1-13-11-14(20)3-5-16(13)22-19(23)7-8-21-28(24,25)15-4-6-17-18(12-15)27-10-2-9-26-17/h3-6,11-12,21H,2,7-10H2,1H3,(H,22,23). The molecule has 28 heavy (non-hydrogen) atoms. The maximum atomic E-state index is 12.5. The minimum Gasteiger partial charge on any atom is -0.490 e. The number of benzene rings is 2. The first-order valence-corrected chi connectivity index (χ1v) is 11.1. The molecule has 1 amide bonds. The van der Waals surface area contributed by atoms with Crippen LogP contribution in [0.1, 0.15) is 18.4 Å². The van der Waals surface area contributed by atoms with Crippen molar-refractivity contribution in [3.8, 4) is 11.5 Å². The molecule has 2 N–H and O–H groups in total. The fourth-order valence-corrected chi connectivity index (χ4v) is 4.20. The van der Waals surface area contributed by atoms with E-state index in [0.717, 1.165) is 16.5 Å². The number of carbonyl (C=O) groups excluding carboxylic acids is 1. The summed E-state index contributed by atoms with van der Waals surface area (Å²) in [5, 5.41) is 2.78. The number of hydrogen-bond donors (Lipinski definition) is 2. The highest BCUT2D eigenvalue weighted by atomic mass is 79.9. The predicted molar refractivity (Wildman–Crippen MR) is 109 cm³/mol. The molecule has 0 fully saturated rings. The summed E-state index contributed by atoms with van der Waals surface area (Å²) in [6.07, 6.45) is 0.751. The van der Waals surface area contributed by atoms with Gasteiger partial charge in [0.05, 0.1) is 18.1 Å². The van der Waals surface area contributed by atoms with Crippen LogP contribution in [-0.2, 0) is 14.8 Å². The van der Waals surface area contributed by atoms with Gasteiger partial charge in [-0.05, 0) is 42.8 Å². The molecule has 0 atom stereocenters. The number of halogens is 1. The Balaban J connectivity index is 1.57. The van der Waals surface area contributed by atoms with E-state index >= 15 is 0 Å². The van der Waals surface area contributed by atoms with Crippen molar-refractivity contribution >= 4 is 37.5 Å². The highest BCUT2D eigenvalue weighted by molar-refractivity contribution is 9.10. The molecule has 0 aromatic heterocycles. The van der Waals surface area contributed by atoms with Crippen molar-refractivity contribution in [3.05, 3.63) is 46.4 Å². The third-order valence-electron chi connectivity index (χ3n) is 4.14. The number of sulfonamides is 1. The number of fused-ring (bicyclic) bond motifs is 1. The molecule has 2 aromatic rings. The van der Waals surface area contributed by atoms with Gasteiger partial charge in [0.25, 0.3) is 0 Å². The number of amides is 1. The van der Waals surface area contributed by atoms with Gasteiger partial charge >= 0.3 is 0 Å². The van der Waals surface area contributed by atoms with Gasteiger partial charge in [0.2, 0.25) is 15.9 Å². The molecule has 9 heteroatoms. The van der Waals surface area contributed by atoms with Gasteiger partial charge in [0.15, 0.2) is 11.5 Å². The maximum absolute atomic E-state index is 12.5. The molecule has 1 aliphatic heterocycles. The second kappa shape index (κ2) is 8.93. The lowest BCUT2D eigenvalue weighted by Crippen LogP contribution is -2.28. The number of hydrogen-bond acceptors (Lipinski definition) is 5. The van der Waals surface area contributed by atoms with Gasteiger partial charge in [-0.25, -0.2) is 13.1 Å². The predicted octanol–water partition coefficient (Wildman–Crippen LogP) is 3.23. The summed E-state index contributed by atoms with van der Waals surface area (Å²) < 4.78 is 39.4. The topological polar surface area (TPSA) is 93.7 Å². The third-order valence-corrected chi connectivity index (χ3v) is 6.09. The molecule has 0 saturated carbocycles. The summed E-state index contributed by atoms with van der Waals surface area (Å²) >= 11 is 3.37. The van der Waals surface area contributed by atoms with Crippen LogP contribution in [0.15, 0.2) is 45.8 Å². The number of rotatable bonds is 6. The highest BCUT2D eigenvalue weighted by Crippen LogP contribution is 2.31. The van der Waals surface area contributed by atoms with Crippen LogP contribution in [0.25, 0.3) is 0 Å². The van der Waals surface area contributed by atoms with Crippen LogP contribution in [-0.4, -0.2) is 34.1 Å². The van der Waals surface area contributed by atoms with Crippen LogP contribution >= 0.6 is 15.9 Å². The van der Waals surface area contributed by atoms with Gasteiger partial charge in [-0.2, -0.15) is 0 Å². The summed E-state index contributed by atoms with van der Waals surface area (Å²) in [7, 11) is -3.76. The molecule has 3 rings (SSSR count). The van der Waals surface area contributed by atoms with Gasteiger partial charge in [0, 0.05) is 35.6 Å². The SMILES string of the molecule is Cc1cc(Br)ccc1NC(=O)CCNS(=O)(=O)c1ccc2c(c1)OCCCO2. The Morgan fingerprint density at radius 1 is 1.11 bits per heavy atom. The average molecular weight is 469 g/mol. The number of anilines is 1. The van der Waals surface area contributed by atoms with E-state index in [1.165, 1.54) is 12.1 Å². The molecule has 1 aliphatic rings. The van der Waals surface area contributed by atoms with E-state index in [-0.39, 0.29) is 23.8 Å². The Bertz CT molecular complexity index is 978. The van der Waals surface area contributed by atoms with E-state index in [4.69, 9.17) is 9.47 Å². The largest absolute Gasteiger partial charge is 0.490 e.